The van der Waals surface area contributed by atoms with E-state index < -0.39 is 0 Å². The monoisotopic (exact) mass is 231 g/mol. The van der Waals surface area contributed by atoms with Crippen molar-refractivity contribution in [2.24, 2.45) is 0 Å². The molecular weight excluding hydrogens is 214 g/mol. The molecule has 4 heteroatoms. The van der Waals surface area contributed by atoms with Crippen LogP contribution >= 0.6 is 0 Å². The molecule has 0 radical (unpaired) electrons. The Bertz CT molecular complexity index is 468. The highest BCUT2D eigenvalue weighted by atomic mass is 16.3. The van der Waals surface area contributed by atoms with Crippen LogP contribution in [0.15, 0.2) is 24.3 Å². The van der Waals surface area contributed by atoms with Gasteiger partial charge in [0.1, 0.15) is 5.75 Å². The second-order valence-electron chi connectivity index (χ2n) is 4.18. The van der Waals surface area contributed by atoms with Crippen molar-refractivity contribution >= 4 is 0 Å². The smallest absolute Gasteiger partial charge is 0.115 e. The van der Waals surface area contributed by atoms with Gasteiger partial charge in [-0.1, -0.05) is 12.1 Å². The highest BCUT2D eigenvalue weighted by molar-refractivity contribution is 5.26. The van der Waals surface area contributed by atoms with Crippen LogP contribution < -0.4 is 5.32 Å². The van der Waals surface area contributed by atoms with Gasteiger partial charge in [0.15, 0.2) is 0 Å². The van der Waals surface area contributed by atoms with Gasteiger partial charge in [-0.2, -0.15) is 5.10 Å². The number of phenols is 1. The fourth-order valence-corrected chi connectivity index (χ4v) is 1.78. The summed E-state index contributed by atoms with van der Waals surface area (Å²) in [6.07, 6.45) is 0. The number of phenolic OH excluding ortho intramolecular Hbond substituents is 1. The summed E-state index contributed by atoms with van der Waals surface area (Å²) < 4.78 is 0. The van der Waals surface area contributed by atoms with Crippen LogP contribution in [0, 0.1) is 13.8 Å². The third kappa shape index (κ3) is 2.85. The minimum Gasteiger partial charge on any atom is -0.508 e. The Balaban J connectivity index is 1.90. The van der Waals surface area contributed by atoms with Crippen molar-refractivity contribution in [3.05, 3.63) is 46.8 Å². The Labute approximate surface area is 101 Å². The van der Waals surface area contributed by atoms with E-state index in [-0.39, 0.29) is 0 Å². The van der Waals surface area contributed by atoms with Crippen molar-refractivity contribution < 1.29 is 5.11 Å². The molecule has 0 saturated heterocycles. The molecule has 0 atom stereocenters. The zero-order valence-corrected chi connectivity index (χ0v) is 10.1. The Morgan fingerprint density at radius 2 is 1.88 bits per heavy atom. The van der Waals surface area contributed by atoms with E-state index in [9.17, 15) is 5.11 Å². The van der Waals surface area contributed by atoms with Gasteiger partial charge in [-0.15, -0.1) is 0 Å². The molecule has 90 valence electrons. The van der Waals surface area contributed by atoms with Crippen LogP contribution in [0.3, 0.4) is 0 Å². The molecule has 0 saturated carbocycles. The highest BCUT2D eigenvalue weighted by Crippen LogP contribution is 2.11. The first kappa shape index (κ1) is 11.7. The van der Waals surface area contributed by atoms with Gasteiger partial charge in [-0.05, 0) is 31.5 Å². The summed E-state index contributed by atoms with van der Waals surface area (Å²) in [5.41, 5.74) is 4.53. The van der Waals surface area contributed by atoms with Crippen LogP contribution in [-0.4, -0.2) is 15.3 Å². The molecule has 0 fully saturated rings. The number of aromatic hydroxyl groups is 1. The lowest BCUT2D eigenvalue weighted by Gasteiger charge is -2.05. The average molecular weight is 231 g/mol. The molecule has 0 aliphatic carbocycles. The van der Waals surface area contributed by atoms with E-state index >= 15 is 0 Å². The number of hydrogen-bond acceptors (Lipinski definition) is 3. The maximum absolute atomic E-state index is 9.17. The third-order valence-electron chi connectivity index (χ3n) is 2.85. The minimum absolute atomic E-state index is 0.301. The van der Waals surface area contributed by atoms with Gasteiger partial charge >= 0.3 is 0 Å². The Hall–Kier alpha value is -1.81. The predicted octanol–water partition coefficient (Wildman–Crippen LogP) is 2.02. The molecule has 1 aromatic carbocycles. The summed E-state index contributed by atoms with van der Waals surface area (Å²) in [5.74, 6) is 0.301. The van der Waals surface area contributed by atoms with E-state index in [4.69, 9.17) is 0 Å². The predicted molar refractivity (Wildman–Crippen MR) is 66.7 cm³/mol. The lowest BCUT2D eigenvalue weighted by atomic mass is 10.2. The van der Waals surface area contributed by atoms with E-state index in [1.165, 1.54) is 5.56 Å². The molecule has 2 aromatic rings. The van der Waals surface area contributed by atoms with Crippen LogP contribution in [0.4, 0.5) is 0 Å². The molecule has 2 rings (SSSR count). The van der Waals surface area contributed by atoms with Crippen molar-refractivity contribution in [2.75, 3.05) is 0 Å². The van der Waals surface area contributed by atoms with Crippen molar-refractivity contribution in [3.63, 3.8) is 0 Å². The zero-order chi connectivity index (χ0) is 12.3. The molecule has 4 nitrogen and oxygen atoms in total. The zero-order valence-electron chi connectivity index (χ0n) is 10.1. The molecule has 0 amide bonds. The SMILES string of the molecule is Cc1n[nH]c(C)c1CNCc1ccc(O)cc1. The first-order valence-electron chi connectivity index (χ1n) is 5.66. The number of H-pyrrole nitrogens is 1. The van der Waals surface area contributed by atoms with Crippen LogP contribution in [0.5, 0.6) is 5.75 Å². The van der Waals surface area contributed by atoms with E-state index in [2.05, 4.69) is 15.5 Å². The van der Waals surface area contributed by atoms with Gasteiger partial charge in [0.25, 0.3) is 0 Å². The fraction of sp³-hybridized carbons (Fsp3) is 0.308. The van der Waals surface area contributed by atoms with E-state index in [0.29, 0.717) is 5.75 Å². The average Bonchev–Trinajstić information content (AvgIpc) is 2.63. The summed E-state index contributed by atoms with van der Waals surface area (Å²) in [6.45, 7) is 5.61. The van der Waals surface area contributed by atoms with Gasteiger partial charge in [-0.3, -0.25) is 5.10 Å². The van der Waals surface area contributed by atoms with Crippen molar-refractivity contribution in [1.29, 1.82) is 0 Å². The maximum Gasteiger partial charge on any atom is 0.115 e. The van der Waals surface area contributed by atoms with E-state index in [1.54, 1.807) is 12.1 Å². The molecule has 17 heavy (non-hydrogen) atoms. The largest absolute Gasteiger partial charge is 0.508 e. The Morgan fingerprint density at radius 3 is 2.47 bits per heavy atom. The Morgan fingerprint density at radius 1 is 1.18 bits per heavy atom. The molecule has 0 bridgehead atoms. The first-order chi connectivity index (χ1) is 8.16. The normalized spacial score (nSPS) is 10.7. The lowest BCUT2D eigenvalue weighted by molar-refractivity contribution is 0.475. The summed E-state index contributed by atoms with van der Waals surface area (Å²) in [7, 11) is 0. The maximum atomic E-state index is 9.17. The van der Waals surface area contributed by atoms with Gasteiger partial charge in [0, 0.05) is 24.3 Å². The number of nitrogens with one attached hydrogen (secondary N) is 2. The molecule has 1 aromatic heterocycles. The number of nitrogens with zero attached hydrogens (tertiary/aromatic N) is 1. The summed E-state index contributed by atoms with van der Waals surface area (Å²) in [5, 5.41) is 19.7. The molecule has 0 unspecified atom stereocenters. The molecule has 3 N–H and O–H groups in total. The number of rotatable bonds is 4. The van der Waals surface area contributed by atoms with Gasteiger partial charge in [-0.25, -0.2) is 0 Å². The van der Waals surface area contributed by atoms with Gasteiger partial charge in [0.05, 0.1) is 5.69 Å². The standard InChI is InChI=1S/C13H17N3O/c1-9-13(10(2)16-15-9)8-14-7-11-3-5-12(17)6-4-11/h3-6,14,17H,7-8H2,1-2H3,(H,15,16). The summed E-state index contributed by atoms with van der Waals surface area (Å²) >= 11 is 0. The lowest BCUT2D eigenvalue weighted by Crippen LogP contribution is -2.13. The summed E-state index contributed by atoms with van der Waals surface area (Å²) in [4.78, 5) is 0. The second kappa shape index (κ2) is 5.01. The molecule has 1 heterocycles. The van der Waals surface area contributed by atoms with Crippen LogP contribution in [0.2, 0.25) is 0 Å². The first-order valence-corrected chi connectivity index (χ1v) is 5.66. The van der Waals surface area contributed by atoms with Gasteiger partial charge < -0.3 is 10.4 Å². The quantitative estimate of drug-likeness (QED) is 0.754. The molecule has 0 spiro atoms. The molecule has 0 aliphatic heterocycles. The number of aromatic amines is 1. The van der Waals surface area contributed by atoms with Crippen molar-refractivity contribution in [2.45, 2.75) is 26.9 Å². The van der Waals surface area contributed by atoms with Crippen molar-refractivity contribution in [3.8, 4) is 5.75 Å². The molecule has 0 aliphatic rings. The van der Waals surface area contributed by atoms with Gasteiger partial charge in [0.2, 0.25) is 0 Å². The number of hydrogen-bond donors (Lipinski definition) is 3. The van der Waals surface area contributed by atoms with Crippen LogP contribution in [0.25, 0.3) is 0 Å². The molecular formula is C13H17N3O. The third-order valence-corrected chi connectivity index (χ3v) is 2.85. The van der Waals surface area contributed by atoms with Crippen LogP contribution in [-0.2, 0) is 13.1 Å². The van der Waals surface area contributed by atoms with Crippen molar-refractivity contribution in [1.82, 2.24) is 15.5 Å². The number of aromatic nitrogens is 2. The van der Waals surface area contributed by atoms with E-state index in [0.717, 1.165) is 30.0 Å². The van der Waals surface area contributed by atoms with Crippen LogP contribution in [0.1, 0.15) is 22.5 Å². The fourth-order valence-electron chi connectivity index (χ4n) is 1.78. The minimum atomic E-state index is 0.301. The second-order valence-corrected chi connectivity index (χ2v) is 4.18. The topological polar surface area (TPSA) is 60.9 Å². The number of aryl methyl sites for hydroxylation is 2. The van der Waals surface area contributed by atoms with E-state index in [1.807, 2.05) is 26.0 Å². The number of benzene rings is 1. The Kier molecular flexibility index (Phi) is 3.44. The highest BCUT2D eigenvalue weighted by Gasteiger charge is 2.05. The summed E-state index contributed by atoms with van der Waals surface area (Å²) in [6, 6.07) is 7.23.